The molecule has 0 aromatic heterocycles. The third-order valence-corrected chi connectivity index (χ3v) is 5.28. The summed E-state index contributed by atoms with van der Waals surface area (Å²) in [7, 11) is 4.42. The predicted octanol–water partition coefficient (Wildman–Crippen LogP) is 2.19. The van der Waals surface area contributed by atoms with Crippen LogP contribution in [0.4, 0.5) is 0 Å². The van der Waals surface area contributed by atoms with Crippen LogP contribution in [0.15, 0.2) is 0 Å². The highest BCUT2D eigenvalue weighted by Gasteiger charge is 2.43. The van der Waals surface area contributed by atoms with E-state index in [4.69, 9.17) is 0 Å². The van der Waals surface area contributed by atoms with Gasteiger partial charge in [-0.3, -0.25) is 0 Å². The first-order valence-corrected chi connectivity index (χ1v) is 7.22. The van der Waals surface area contributed by atoms with Gasteiger partial charge in [-0.1, -0.05) is 15.9 Å². The summed E-state index contributed by atoms with van der Waals surface area (Å²) < 4.78 is 0. The van der Waals surface area contributed by atoms with Crippen molar-refractivity contribution in [1.82, 2.24) is 9.80 Å². The molecule has 0 aromatic rings. The minimum Gasteiger partial charge on any atom is -0.306 e. The molecule has 0 unspecified atom stereocenters. The van der Waals surface area contributed by atoms with Gasteiger partial charge in [-0.15, -0.1) is 0 Å². The molecule has 3 heteroatoms. The van der Waals surface area contributed by atoms with E-state index in [0.717, 1.165) is 6.04 Å². The molecule has 2 rings (SSSR count). The van der Waals surface area contributed by atoms with Gasteiger partial charge in [0.2, 0.25) is 0 Å². The molecule has 2 nitrogen and oxygen atoms in total. The summed E-state index contributed by atoms with van der Waals surface area (Å²) in [5.41, 5.74) is 0.658. The first kappa shape index (κ1) is 11.9. The van der Waals surface area contributed by atoms with Gasteiger partial charge in [-0.05, 0) is 58.3 Å². The van der Waals surface area contributed by atoms with E-state index in [-0.39, 0.29) is 0 Å². The number of rotatable bonds is 4. The van der Waals surface area contributed by atoms with Gasteiger partial charge < -0.3 is 9.80 Å². The summed E-state index contributed by atoms with van der Waals surface area (Å²) >= 11 is 3.66. The molecule has 0 aromatic carbocycles. The third kappa shape index (κ3) is 2.95. The number of hydrogen-bond donors (Lipinski definition) is 0. The molecule has 0 spiro atoms. The molecule has 88 valence electrons. The van der Waals surface area contributed by atoms with Crippen LogP contribution in [0.1, 0.15) is 25.7 Å². The fourth-order valence-corrected chi connectivity index (χ4v) is 3.32. The molecular formula is C12H23BrN2. The van der Waals surface area contributed by atoms with Gasteiger partial charge in [0.05, 0.1) is 0 Å². The Bertz CT molecular complexity index is 206. The highest BCUT2D eigenvalue weighted by Crippen LogP contribution is 2.47. The molecule has 15 heavy (non-hydrogen) atoms. The van der Waals surface area contributed by atoms with Crippen LogP contribution in [0, 0.1) is 5.41 Å². The minimum atomic E-state index is 0.658. The fraction of sp³-hybridized carbons (Fsp3) is 1.00. The molecular weight excluding hydrogens is 252 g/mol. The standard InChI is InChI=1S/C12H23BrN2/c1-14(2)11-3-7-15(8-4-11)10-12(9-13)5-6-12/h11H,3-10H2,1-2H3. The lowest BCUT2D eigenvalue weighted by Gasteiger charge is -2.36. The second-order valence-corrected chi connectivity index (χ2v) is 6.17. The Kier molecular flexibility index (Phi) is 3.74. The summed E-state index contributed by atoms with van der Waals surface area (Å²) in [6, 6.07) is 0.820. The Labute approximate surface area is 102 Å². The zero-order chi connectivity index (χ0) is 10.9. The molecule has 0 N–H and O–H groups in total. The monoisotopic (exact) mass is 274 g/mol. The zero-order valence-corrected chi connectivity index (χ0v) is 11.6. The van der Waals surface area contributed by atoms with Gasteiger partial charge in [-0.25, -0.2) is 0 Å². The number of likely N-dealkylation sites (tertiary alicyclic amines) is 1. The van der Waals surface area contributed by atoms with E-state index < -0.39 is 0 Å². The predicted molar refractivity (Wildman–Crippen MR) is 68.6 cm³/mol. The van der Waals surface area contributed by atoms with Crippen molar-refractivity contribution < 1.29 is 0 Å². The van der Waals surface area contributed by atoms with Crippen molar-refractivity contribution in [2.45, 2.75) is 31.7 Å². The highest BCUT2D eigenvalue weighted by molar-refractivity contribution is 9.09. The molecule has 1 aliphatic heterocycles. The Morgan fingerprint density at radius 1 is 1.27 bits per heavy atom. The van der Waals surface area contributed by atoms with E-state index in [9.17, 15) is 0 Å². The Hall–Kier alpha value is 0.400. The second-order valence-electron chi connectivity index (χ2n) is 5.60. The maximum atomic E-state index is 3.66. The largest absolute Gasteiger partial charge is 0.306 e. The molecule has 1 saturated heterocycles. The minimum absolute atomic E-state index is 0.658. The number of hydrogen-bond acceptors (Lipinski definition) is 2. The summed E-state index contributed by atoms with van der Waals surface area (Å²) in [5.74, 6) is 0. The molecule has 2 aliphatic rings. The number of halogens is 1. The lowest BCUT2D eigenvalue weighted by atomic mass is 10.0. The SMILES string of the molecule is CN(C)C1CCN(CC2(CBr)CC2)CC1. The first-order chi connectivity index (χ1) is 7.15. The van der Waals surface area contributed by atoms with E-state index in [1.807, 2.05) is 0 Å². The molecule has 0 atom stereocenters. The van der Waals surface area contributed by atoms with Crippen LogP contribution in [0.2, 0.25) is 0 Å². The molecule has 0 radical (unpaired) electrons. The van der Waals surface area contributed by atoms with Crippen LogP contribution in [0.25, 0.3) is 0 Å². The zero-order valence-electron chi connectivity index (χ0n) is 10.0. The average molecular weight is 275 g/mol. The molecule has 1 saturated carbocycles. The van der Waals surface area contributed by atoms with Crippen molar-refractivity contribution in [3.8, 4) is 0 Å². The van der Waals surface area contributed by atoms with E-state index in [1.165, 1.54) is 50.6 Å². The second kappa shape index (κ2) is 4.72. The maximum absolute atomic E-state index is 3.66. The van der Waals surface area contributed by atoms with E-state index >= 15 is 0 Å². The number of alkyl halides is 1. The van der Waals surface area contributed by atoms with Gasteiger partial charge in [0.1, 0.15) is 0 Å². The van der Waals surface area contributed by atoms with Crippen molar-refractivity contribution >= 4 is 15.9 Å². The lowest BCUT2D eigenvalue weighted by Crippen LogP contribution is -2.44. The smallest absolute Gasteiger partial charge is 0.0113 e. The van der Waals surface area contributed by atoms with Crippen molar-refractivity contribution in [2.24, 2.45) is 5.41 Å². The lowest BCUT2D eigenvalue weighted by molar-refractivity contribution is 0.129. The molecule has 1 heterocycles. The fourth-order valence-electron chi connectivity index (χ4n) is 2.58. The molecule has 0 amide bonds. The Balaban J connectivity index is 1.74. The van der Waals surface area contributed by atoms with Crippen molar-refractivity contribution in [1.29, 1.82) is 0 Å². The van der Waals surface area contributed by atoms with Gasteiger partial charge in [-0.2, -0.15) is 0 Å². The number of nitrogens with zero attached hydrogens (tertiary/aromatic N) is 2. The van der Waals surface area contributed by atoms with Gasteiger partial charge in [0.15, 0.2) is 0 Å². The van der Waals surface area contributed by atoms with Crippen LogP contribution in [0.3, 0.4) is 0 Å². The normalized spacial score (nSPS) is 27.2. The van der Waals surface area contributed by atoms with Crippen molar-refractivity contribution in [3.05, 3.63) is 0 Å². The van der Waals surface area contributed by atoms with Crippen LogP contribution >= 0.6 is 15.9 Å². The summed E-state index contributed by atoms with van der Waals surface area (Å²) in [4.78, 5) is 5.06. The third-order valence-electron chi connectivity index (χ3n) is 4.09. The molecule has 1 aliphatic carbocycles. The van der Waals surface area contributed by atoms with Gasteiger partial charge in [0.25, 0.3) is 0 Å². The first-order valence-electron chi connectivity index (χ1n) is 6.10. The number of piperidine rings is 1. The topological polar surface area (TPSA) is 6.48 Å². The van der Waals surface area contributed by atoms with Crippen LogP contribution in [0.5, 0.6) is 0 Å². The van der Waals surface area contributed by atoms with Crippen molar-refractivity contribution in [2.75, 3.05) is 39.1 Å². The molecule has 0 bridgehead atoms. The van der Waals surface area contributed by atoms with Crippen molar-refractivity contribution in [3.63, 3.8) is 0 Å². The van der Waals surface area contributed by atoms with E-state index in [0.29, 0.717) is 5.41 Å². The van der Waals surface area contributed by atoms with E-state index in [1.54, 1.807) is 0 Å². The Morgan fingerprint density at radius 2 is 1.87 bits per heavy atom. The summed E-state index contributed by atoms with van der Waals surface area (Å²) in [5, 5.41) is 1.20. The van der Waals surface area contributed by atoms with Crippen LogP contribution < -0.4 is 0 Å². The highest BCUT2D eigenvalue weighted by atomic mass is 79.9. The molecule has 2 fully saturated rings. The van der Waals surface area contributed by atoms with E-state index in [2.05, 4.69) is 39.8 Å². The van der Waals surface area contributed by atoms with Gasteiger partial charge >= 0.3 is 0 Å². The van der Waals surface area contributed by atoms with Crippen LogP contribution in [-0.4, -0.2) is 54.9 Å². The average Bonchev–Trinajstić information content (AvgIpc) is 2.99. The summed E-state index contributed by atoms with van der Waals surface area (Å²) in [6.45, 7) is 3.94. The van der Waals surface area contributed by atoms with Gasteiger partial charge in [0, 0.05) is 17.9 Å². The Morgan fingerprint density at radius 3 is 2.27 bits per heavy atom. The maximum Gasteiger partial charge on any atom is 0.0113 e. The summed E-state index contributed by atoms with van der Waals surface area (Å²) in [6.07, 6.45) is 5.58. The quantitative estimate of drug-likeness (QED) is 0.726. The van der Waals surface area contributed by atoms with Crippen LogP contribution in [-0.2, 0) is 0 Å².